The Labute approximate surface area is 98.2 Å². The fourth-order valence-corrected chi connectivity index (χ4v) is 1.61. The molecule has 0 aromatic heterocycles. The summed E-state index contributed by atoms with van der Waals surface area (Å²) in [6.07, 6.45) is 1.04. The number of hydrogen-bond acceptors (Lipinski definition) is 3. The van der Waals surface area contributed by atoms with E-state index in [1.54, 1.807) is 7.11 Å². The van der Waals surface area contributed by atoms with Crippen LogP contribution in [0.1, 0.15) is 24.9 Å². The van der Waals surface area contributed by atoms with Crippen LogP contribution in [0, 0.1) is 0 Å². The summed E-state index contributed by atoms with van der Waals surface area (Å²) in [5.74, 6) is 0. The first kappa shape index (κ1) is 13.0. The molecular weight excluding hydrogens is 200 g/mol. The van der Waals surface area contributed by atoms with Crippen LogP contribution in [0.15, 0.2) is 24.3 Å². The van der Waals surface area contributed by atoms with Crippen molar-refractivity contribution in [2.45, 2.75) is 19.4 Å². The van der Waals surface area contributed by atoms with Crippen LogP contribution in [0.2, 0.25) is 0 Å². The van der Waals surface area contributed by atoms with Crippen molar-refractivity contribution in [1.29, 1.82) is 0 Å². The lowest BCUT2D eigenvalue weighted by molar-refractivity contribution is 0.196. The van der Waals surface area contributed by atoms with Gasteiger partial charge in [-0.25, -0.2) is 0 Å². The molecule has 0 aliphatic carbocycles. The molecule has 0 amide bonds. The highest BCUT2D eigenvalue weighted by molar-refractivity contribution is 5.47. The van der Waals surface area contributed by atoms with Crippen molar-refractivity contribution in [1.82, 2.24) is 0 Å². The molecule has 16 heavy (non-hydrogen) atoms. The third-order valence-electron chi connectivity index (χ3n) is 2.70. The third kappa shape index (κ3) is 3.83. The second-order valence-corrected chi connectivity index (χ2v) is 4.15. The molecule has 0 fully saturated rings. The van der Waals surface area contributed by atoms with E-state index < -0.39 is 0 Å². The van der Waals surface area contributed by atoms with Crippen molar-refractivity contribution in [2.24, 2.45) is 5.73 Å². The first-order chi connectivity index (χ1) is 7.65. The van der Waals surface area contributed by atoms with Gasteiger partial charge in [-0.15, -0.1) is 0 Å². The SMILES string of the molecule is COCCCN(C)c1ccc([C@H](C)N)cc1. The predicted molar refractivity (Wildman–Crippen MR) is 68.8 cm³/mol. The van der Waals surface area contributed by atoms with E-state index >= 15 is 0 Å². The summed E-state index contributed by atoms with van der Waals surface area (Å²) in [4.78, 5) is 2.23. The van der Waals surface area contributed by atoms with E-state index in [1.807, 2.05) is 6.92 Å². The normalized spacial score (nSPS) is 12.5. The van der Waals surface area contributed by atoms with Crippen LogP contribution in [0.25, 0.3) is 0 Å². The van der Waals surface area contributed by atoms with E-state index in [-0.39, 0.29) is 6.04 Å². The molecule has 0 heterocycles. The van der Waals surface area contributed by atoms with Gasteiger partial charge >= 0.3 is 0 Å². The van der Waals surface area contributed by atoms with Gasteiger partial charge < -0.3 is 15.4 Å². The molecular formula is C13H22N2O. The summed E-state index contributed by atoms with van der Waals surface area (Å²) in [5.41, 5.74) is 8.21. The molecule has 1 aromatic carbocycles. The third-order valence-corrected chi connectivity index (χ3v) is 2.70. The second kappa shape index (κ2) is 6.51. The Morgan fingerprint density at radius 3 is 2.44 bits per heavy atom. The number of hydrogen-bond donors (Lipinski definition) is 1. The van der Waals surface area contributed by atoms with Gasteiger partial charge in [0.25, 0.3) is 0 Å². The van der Waals surface area contributed by atoms with E-state index in [0.29, 0.717) is 0 Å². The lowest BCUT2D eigenvalue weighted by Crippen LogP contribution is -2.19. The molecule has 0 bridgehead atoms. The van der Waals surface area contributed by atoms with Crippen LogP contribution in [-0.2, 0) is 4.74 Å². The maximum absolute atomic E-state index is 5.81. The number of methoxy groups -OCH3 is 1. The van der Waals surface area contributed by atoms with E-state index in [2.05, 4.69) is 36.2 Å². The van der Waals surface area contributed by atoms with Crippen molar-refractivity contribution in [3.8, 4) is 0 Å². The van der Waals surface area contributed by atoms with Gasteiger partial charge in [0, 0.05) is 39.0 Å². The molecule has 0 aliphatic heterocycles. The molecule has 0 saturated carbocycles. The number of ether oxygens (including phenoxy) is 1. The highest BCUT2D eigenvalue weighted by atomic mass is 16.5. The number of nitrogens with two attached hydrogens (primary N) is 1. The molecule has 90 valence electrons. The van der Waals surface area contributed by atoms with Gasteiger partial charge in [-0.2, -0.15) is 0 Å². The van der Waals surface area contributed by atoms with Crippen LogP contribution in [-0.4, -0.2) is 27.3 Å². The standard InChI is InChI=1S/C13H22N2O/c1-11(14)12-5-7-13(8-6-12)15(2)9-4-10-16-3/h5-8,11H,4,9-10,14H2,1-3H3/t11-/m0/s1. The van der Waals surface area contributed by atoms with Gasteiger partial charge in [-0.05, 0) is 31.0 Å². The lowest BCUT2D eigenvalue weighted by atomic mass is 10.1. The van der Waals surface area contributed by atoms with Crippen LogP contribution in [0.5, 0.6) is 0 Å². The largest absolute Gasteiger partial charge is 0.385 e. The Hall–Kier alpha value is -1.06. The van der Waals surface area contributed by atoms with Gasteiger partial charge in [-0.1, -0.05) is 12.1 Å². The molecule has 0 aliphatic rings. The number of nitrogens with zero attached hydrogens (tertiary/aromatic N) is 1. The smallest absolute Gasteiger partial charge is 0.0479 e. The Bertz CT molecular complexity index is 295. The Morgan fingerprint density at radius 2 is 1.94 bits per heavy atom. The monoisotopic (exact) mass is 222 g/mol. The van der Waals surface area contributed by atoms with Gasteiger partial charge in [0.2, 0.25) is 0 Å². The van der Waals surface area contributed by atoms with Crippen molar-refractivity contribution in [3.05, 3.63) is 29.8 Å². The molecule has 1 aromatic rings. The topological polar surface area (TPSA) is 38.5 Å². The van der Waals surface area contributed by atoms with Crippen LogP contribution in [0.4, 0.5) is 5.69 Å². The highest BCUT2D eigenvalue weighted by Crippen LogP contribution is 2.17. The van der Waals surface area contributed by atoms with Gasteiger partial charge in [0.15, 0.2) is 0 Å². The molecule has 0 spiro atoms. The summed E-state index contributed by atoms with van der Waals surface area (Å²) in [5, 5.41) is 0. The zero-order chi connectivity index (χ0) is 12.0. The minimum Gasteiger partial charge on any atom is -0.385 e. The highest BCUT2D eigenvalue weighted by Gasteiger charge is 2.02. The number of anilines is 1. The number of rotatable bonds is 6. The maximum Gasteiger partial charge on any atom is 0.0479 e. The fraction of sp³-hybridized carbons (Fsp3) is 0.538. The van der Waals surface area contributed by atoms with Gasteiger partial charge in [0.1, 0.15) is 0 Å². The summed E-state index contributed by atoms with van der Waals surface area (Å²) >= 11 is 0. The predicted octanol–water partition coefficient (Wildman–Crippen LogP) is 2.18. The first-order valence-corrected chi connectivity index (χ1v) is 5.70. The van der Waals surface area contributed by atoms with E-state index in [0.717, 1.165) is 19.6 Å². The quantitative estimate of drug-likeness (QED) is 0.750. The minimum atomic E-state index is 0.104. The summed E-state index contributed by atoms with van der Waals surface area (Å²) in [6, 6.07) is 8.52. The van der Waals surface area contributed by atoms with E-state index in [4.69, 9.17) is 10.5 Å². The molecule has 3 nitrogen and oxygen atoms in total. The molecule has 1 atom stereocenters. The van der Waals surface area contributed by atoms with E-state index in [1.165, 1.54) is 11.3 Å². The molecule has 0 saturated heterocycles. The molecule has 2 N–H and O–H groups in total. The maximum atomic E-state index is 5.81. The number of benzene rings is 1. The van der Waals surface area contributed by atoms with Crippen molar-refractivity contribution in [3.63, 3.8) is 0 Å². The van der Waals surface area contributed by atoms with Crippen LogP contribution >= 0.6 is 0 Å². The van der Waals surface area contributed by atoms with Crippen LogP contribution in [0.3, 0.4) is 0 Å². The van der Waals surface area contributed by atoms with Crippen LogP contribution < -0.4 is 10.6 Å². The Kier molecular flexibility index (Phi) is 5.29. The van der Waals surface area contributed by atoms with Crippen molar-refractivity contribution in [2.75, 3.05) is 32.2 Å². The fourth-order valence-electron chi connectivity index (χ4n) is 1.61. The molecule has 3 heteroatoms. The minimum absolute atomic E-state index is 0.104. The Balaban J connectivity index is 2.52. The van der Waals surface area contributed by atoms with Gasteiger partial charge in [0.05, 0.1) is 0 Å². The molecule has 1 rings (SSSR count). The molecule has 0 unspecified atom stereocenters. The first-order valence-electron chi connectivity index (χ1n) is 5.70. The van der Waals surface area contributed by atoms with E-state index in [9.17, 15) is 0 Å². The zero-order valence-corrected chi connectivity index (χ0v) is 10.4. The summed E-state index contributed by atoms with van der Waals surface area (Å²) in [7, 11) is 3.83. The zero-order valence-electron chi connectivity index (χ0n) is 10.4. The van der Waals surface area contributed by atoms with Crippen molar-refractivity contribution < 1.29 is 4.74 Å². The average molecular weight is 222 g/mol. The average Bonchev–Trinajstić information content (AvgIpc) is 2.29. The Morgan fingerprint density at radius 1 is 1.31 bits per heavy atom. The summed E-state index contributed by atoms with van der Waals surface area (Å²) < 4.78 is 5.04. The van der Waals surface area contributed by atoms with Crippen molar-refractivity contribution >= 4 is 5.69 Å². The summed E-state index contributed by atoms with van der Waals surface area (Å²) in [6.45, 7) is 3.81. The van der Waals surface area contributed by atoms with Gasteiger partial charge in [-0.3, -0.25) is 0 Å². The lowest BCUT2D eigenvalue weighted by Gasteiger charge is -2.19. The molecule has 0 radical (unpaired) electrons. The second-order valence-electron chi connectivity index (χ2n) is 4.15.